The third-order valence-electron chi connectivity index (χ3n) is 12.4. The van der Waals surface area contributed by atoms with Gasteiger partial charge in [0, 0.05) is 37.2 Å². The zero-order valence-corrected chi connectivity index (χ0v) is 34.7. The molecule has 0 aliphatic carbocycles. The summed E-state index contributed by atoms with van der Waals surface area (Å²) < 4.78 is 2.58. The van der Waals surface area contributed by atoms with Gasteiger partial charge in [-0.05, 0) is 125 Å². The van der Waals surface area contributed by atoms with Gasteiger partial charge in [0.25, 0.3) is 0 Å². The van der Waals surface area contributed by atoms with Crippen LogP contribution in [0.1, 0.15) is 0 Å². The first-order valence-electron chi connectivity index (χ1n) is 21.2. The number of hydrogen-bond acceptors (Lipinski definition) is 2. The maximum absolute atomic E-state index is 2.43. The highest BCUT2D eigenvalue weighted by Gasteiger charge is 2.21. The highest BCUT2D eigenvalue weighted by Crippen LogP contribution is 2.47. The van der Waals surface area contributed by atoms with Crippen molar-refractivity contribution in [2.24, 2.45) is 0 Å². The number of fused-ring (bicyclic) bond motifs is 7. The second kappa shape index (κ2) is 15.0. The zero-order chi connectivity index (χ0) is 41.0. The van der Waals surface area contributed by atoms with Gasteiger partial charge in [-0.25, -0.2) is 0 Å². The quantitative estimate of drug-likeness (QED) is 0.145. The summed E-state index contributed by atoms with van der Waals surface area (Å²) in [6, 6.07) is 86.8. The lowest BCUT2D eigenvalue weighted by Crippen LogP contribution is -2.10. The lowest BCUT2D eigenvalue weighted by atomic mass is 9.85. The van der Waals surface area contributed by atoms with Crippen LogP contribution in [0.2, 0.25) is 0 Å². The summed E-state index contributed by atoms with van der Waals surface area (Å²) in [5.74, 6) is 0. The van der Waals surface area contributed by atoms with Crippen LogP contribution in [0, 0.1) is 0 Å². The Balaban J connectivity index is 1.02. The summed E-state index contributed by atoms with van der Waals surface area (Å²) in [6.45, 7) is 0. The van der Waals surface area contributed by atoms with Gasteiger partial charge in [0.15, 0.2) is 0 Å². The lowest BCUT2D eigenvalue weighted by Gasteiger charge is -2.27. The third-order valence-corrected chi connectivity index (χ3v) is 13.6. The van der Waals surface area contributed by atoms with E-state index >= 15 is 0 Å². The Morgan fingerprint density at radius 1 is 0.242 bits per heavy atom. The molecular weight excluding hydrogens is 767 g/mol. The van der Waals surface area contributed by atoms with Crippen LogP contribution >= 0.6 is 11.3 Å². The topological polar surface area (TPSA) is 3.24 Å². The average Bonchev–Trinajstić information content (AvgIpc) is 3.72. The Hall–Kier alpha value is -7.78. The molecule has 290 valence electrons. The summed E-state index contributed by atoms with van der Waals surface area (Å²) in [5.41, 5.74) is 13.1. The second-order valence-corrected chi connectivity index (χ2v) is 17.1. The van der Waals surface area contributed by atoms with Gasteiger partial charge in [0.1, 0.15) is 0 Å². The molecule has 62 heavy (non-hydrogen) atoms. The number of hydrogen-bond donors (Lipinski definition) is 0. The fraction of sp³-hybridized carbons (Fsp3) is 0. The molecule has 0 bridgehead atoms. The van der Waals surface area contributed by atoms with Gasteiger partial charge in [-0.3, -0.25) is 0 Å². The van der Waals surface area contributed by atoms with Crippen molar-refractivity contribution in [2.45, 2.75) is 0 Å². The molecule has 0 N–H and O–H groups in total. The first kappa shape index (κ1) is 36.1. The molecule has 0 spiro atoms. The third kappa shape index (κ3) is 6.24. The van der Waals surface area contributed by atoms with Gasteiger partial charge in [-0.1, -0.05) is 188 Å². The van der Waals surface area contributed by atoms with Crippen LogP contribution in [-0.4, -0.2) is 0 Å². The first-order valence-corrected chi connectivity index (χ1v) is 22.1. The van der Waals surface area contributed by atoms with Crippen LogP contribution in [0.25, 0.3) is 97.0 Å². The first-order chi connectivity index (χ1) is 30.7. The SMILES string of the molecule is c1ccc(-c2c(-c3ccccc3)c3cc(N(c4ccc(-c5ccc(-c6ccc7ccccc7c6)cc5)cc4)c4ccc5c(c4)sc4ccccc45)ccc3c3ccccc23)cc1. The average molecular weight is 806 g/mol. The molecule has 0 amide bonds. The monoisotopic (exact) mass is 805 g/mol. The van der Waals surface area contributed by atoms with Gasteiger partial charge < -0.3 is 4.90 Å². The van der Waals surface area contributed by atoms with E-state index in [4.69, 9.17) is 0 Å². The summed E-state index contributed by atoms with van der Waals surface area (Å²) in [7, 11) is 0. The fourth-order valence-corrected chi connectivity index (χ4v) is 10.6. The van der Waals surface area contributed by atoms with Crippen LogP contribution in [0.4, 0.5) is 17.1 Å². The minimum atomic E-state index is 1.10. The summed E-state index contributed by atoms with van der Waals surface area (Å²) in [6.07, 6.45) is 0. The summed E-state index contributed by atoms with van der Waals surface area (Å²) >= 11 is 1.86. The van der Waals surface area contributed by atoms with E-state index in [1.165, 1.54) is 97.0 Å². The van der Waals surface area contributed by atoms with Crippen molar-refractivity contribution in [1.82, 2.24) is 0 Å². The van der Waals surface area contributed by atoms with E-state index in [1.54, 1.807) is 0 Å². The molecule has 11 aromatic carbocycles. The van der Waals surface area contributed by atoms with Crippen LogP contribution < -0.4 is 4.90 Å². The second-order valence-electron chi connectivity index (χ2n) is 16.1. The predicted molar refractivity (Wildman–Crippen MR) is 268 cm³/mol. The van der Waals surface area contributed by atoms with Crippen molar-refractivity contribution in [3.05, 3.63) is 237 Å². The maximum atomic E-state index is 2.43. The Morgan fingerprint density at radius 3 is 1.42 bits per heavy atom. The van der Waals surface area contributed by atoms with Crippen LogP contribution in [0.3, 0.4) is 0 Å². The molecule has 0 aliphatic rings. The molecule has 1 heterocycles. The number of rotatable bonds is 7. The Morgan fingerprint density at radius 2 is 0.710 bits per heavy atom. The van der Waals surface area contributed by atoms with E-state index in [-0.39, 0.29) is 0 Å². The fourth-order valence-electron chi connectivity index (χ4n) is 9.46. The molecule has 12 rings (SSSR count). The molecule has 0 radical (unpaired) electrons. The zero-order valence-electron chi connectivity index (χ0n) is 33.9. The van der Waals surface area contributed by atoms with E-state index in [0.29, 0.717) is 0 Å². The van der Waals surface area contributed by atoms with Crippen molar-refractivity contribution in [3.8, 4) is 44.5 Å². The van der Waals surface area contributed by atoms with Gasteiger partial charge >= 0.3 is 0 Å². The number of nitrogens with zero attached hydrogens (tertiary/aromatic N) is 1. The molecule has 1 nitrogen and oxygen atoms in total. The predicted octanol–water partition coefficient (Wildman–Crippen LogP) is 17.7. The van der Waals surface area contributed by atoms with Crippen LogP contribution in [0.15, 0.2) is 237 Å². The minimum Gasteiger partial charge on any atom is -0.310 e. The summed E-state index contributed by atoms with van der Waals surface area (Å²) in [4.78, 5) is 2.43. The smallest absolute Gasteiger partial charge is 0.0476 e. The van der Waals surface area contributed by atoms with Gasteiger partial charge in [-0.15, -0.1) is 11.3 Å². The van der Waals surface area contributed by atoms with Crippen molar-refractivity contribution in [2.75, 3.05) is 4.90 Å². The highest BCUT2D eigenvalue weighted by atomic mass is 32.1. The van der Waals surface area contributed by atoms with E-state index in [2.05, 4.69) is 241 Å². The minimum absolute atomic E-state index is 1.10. The van der Waals surface area contributed by atoms with E-state index in [1.807, 2.05) is 11.3 Å². The molecule has 0 aliphatic heterocycles. The normalized spacial score (nSPS) is 11.5. The van der Waals surface area contributed by atoms with Crippen molar-refractivity contribution in [1.29, 1.82) is 0 Å². The van der Waals surface area contributed by atoms with Crippen LogP contribution in [-0.2, 0) is 0 Å². The van der Waals surface area contributed by atoms with E-state index < -0.39 is 0 Å². The standard InChI is InChI=1S/C60H39NS/c1-3-14-44(15-4-1)59-55-21-10-9-19-51(55)52-35-33-49(38-56(52)60(59)45-16-5-2-6-17-45)61(50-34-36-54-53-20-11-12-22-57(53)62-58(54)39-50)48-31-29-42(30-32-48)41-23-25-43(26-24-41)47-28-27-40-13-7-8-18-46(40)37-47/h1-39H. The molecule has 12 aromatic rings. The van der Waals surface area contributed by atoms with E-state index in [9.17, 15) is 0 Å². The van der Waals surface area contributed by atoms with Crippen molar-refractivity contribution < 1.29 is 0 Å². The van der Waals surface area contributed by atoms with Crippen molar-refractivity contribution in [3.63, 3.8) is 0 Å². The molecule has 2 heteroatoms. The lowest BCUT2D eigenvalue weighted by molar-refractivity contribution is 1.30. The molecule has 0 atom stereocenters. The molecule has 0 saturated carbocycles. The molecule has 0 unspecified atom stereocenters. The summed E-state index contributed by atoms with van der Waals surface area (Å²) in [5, 5.41) is 10.1. The van der Waals surface area contributed by atoms with Crippen molar-refractivity contribution >= 4 is 80.9 Å². The van der Waals surface area contributed by atoms with Gasteiger partial charge in [-0.2, -0.15) is 0 Å². The largest absolute Gasteiger partial charge is 0.310 e. The molecule has 1 aromatic heterocycles. The maximum Gasteiger partial charge on any atom is 0.0476 e. The van der Waals surface area contributed by atoms with Gasteiger partial charge in [0.05, 0.1) is 0 Å². The Bertz CT molecular complexity index is 3610. The molecule has 0 fully saturated rings. The number of anilines is 3. The number of thiophene rings is 1. The Kier molecular flexibility index (Phi) is 8.76. The molecule has 0 saturated heterocycles. The van der Waals surface area contributed by atoms with Crippen LogP contribution in [0.5, 0.6) is 0 Å². The Labute approximate surface area is 365 Å². The highest BCUT2D eigenvalue weighted by molar-refractivity contribution is 7.25. The number of benzene rings is 11. The van der Waals surface area contributed by atoms with Gasteiger partial charge in [0.2, 0.25) is 0 Å². The van der Waals surface area contributed by atoms with E-state index in [0.717, 1.165) is 17.1 Å². The molecular formula is C60H39NS.